The molecule has 0 bridgehead atoms. The molecule has 0 aromatic heterocycles. The molecule has 1 N–H and O–H groups in total. The molecule has 0 aliphatic carbocycles. The molecule has 1 heterocycles. The average Bonchev–Trinajstić information content (AvgIpc) is 2.28. The molecule has 1 saturated heterocycles. The van der Waals surface area contributed by atoms with Crippen LogP contribution in [0.1, 0.15) is 26.2 Å². The minimum atomic E-state index is -2.43. The molecule has 0 aromatic rings. The van der Waals surface area contributed by atoms with E-state index in [-0.39, 0.29) is 12.8 Å². The van der Waals surface area contributed by atoms with Gasteiger partial charge in [0, 0.05) is 32.0 Å². The molecule has 2 nitrogen and oxygen atoms in total. The van der Waals surface area contributed by atoms with Crippen molar-refractivity contribution < 1.29 is 8.78 Å². The summed E-state index contributed by atoms with van der Waals surface area (Å²) >= 11 is 0. The summed E-state index contributed by atoms with van der Waals surface area (Å²) in [6, 6.07) is 0.377. The Labute approximate surface area is 84.7 Å². The van der Waals surface area contributed by atoms with Gasteiger partial charge in [-0.2, -0.15) is 0 Å². The van der Waals surface area contributed by atoms with Gasteiger partial charge in [0.15, 0.2) is 0 Å². The van der Waals surface area contributed by atoms with Gasteiger partial charge in [0.2, 0.25) is 5.92 Å². The van der Waals surface area contributed by atoms with Crippen LogP contribution in [0.25, 0.3) is 0 Å². The van der Waals surface area contributed by atoms with Crippen molar-refractivity contribution in [3.05, 3.63) is 0 Å². The van der Waals surface area contributed by atoms with Gasteiger partial charge < -0.3 is 10.2 Å². The minimum Gasteiger partial charge on any atom is -0.316 e. The number of likely N-dealkylation sites (tertiary alicyclic amines) is 1. The van der Waals surface area contributed by atoms with Crippen LogP contribution in [0.5, 0.6) is 0 Å². The zero-order chi connectivity index (χ0) is 10.6. The molecule has 0 radical (unpaired) electrons. The molecule has 0 spiro atoms. The van der Waals surface area contributed by atoms with Crippen molar-refractivity contribution in [3.63, 3.8) is 0 Å². The molecular weight excluding hydrogens is 186 g/mol. The molecule has 1 aliphatic rings. The van der Waals surface area contributed by atoms with E-state index in [9.17, 15) is 8.78 Å². The van der Waals surface area contributed by atoms with Crippen LogP contribution in [0.3, 0.4) is 0 Å². The number of hydrogen-bond acceptors (Lipinski definition) is 2. The average molecular weight is 206 g/mol. The van der Waals surface area contributed by atoms with Crippen LogP contribution in [0.4, 0.5) is 8.78 Å². The molecule has 84 valence electrons. The van der Waals surface area contributed by atoms with Gasteiger partial charge in [-0.1, -0.05) is 0 Å². The van der Waals surface area contributed by atoms with Gasteiger partial charge in [-0.05, 0) is 26.9 Å². The SMILES string of the molecule is CNC(C)CN1CCCC(F)(F)CC1. The van der Waals surface area contributed by atoms with Crippen LogP contribution in [0.2, 0.25) is 0 Å². The Kier molecular flexibility index (Phi) is 4.26. The third-order valence-electron chi connectivity index (χ3n) is 2.84. The quantitative estimate of drug-likeness (QED) is 0.756. The van der Waals surface area contributed by atoms with Crippen LogP contribution in [0, 0.1) is 0 Å². The number of likely N-dealkylation sites (N-methyl/N-ethyl adjacent to an activating group) is 1. The molecule has 1 fully saturated rings. The zero-order valence-electron chi connectivity index (χ0n) is 9.02. The maximum Gasteiger partial charge on any atom is 0.249 e. The van der Waals surface area contributed by atoms with E-state index in [4.69, 9.17) is 0 Å². The van der Waals surface area contributed by atoms with E-state index < -0.39 is 5.92 Å². The largest absolute Gasteiger partial charge is 0.316 e. The van der Waals surface area contributed by atoms with Crippen LogP contribution in [-0.2, 0) is 0 Å². The topological polar surface area (TPSA) is 15.3 Å². The van der Waals surface area contributed by atoms with E-state index in [1.54, 1.807) is 0 Å². The maximum absolute atomic E-state index is 13.0. The van der Waals surface area contributed by atoms with Crippen molar-refractivity contribution in [2.45, 2.75) is 38.2 Å². The number of rotatable bonds is 3. The third kappa shape index (κ3) is 3.88. The summed E-state index contributed by atoms with van der Waals surface area (Å²) in [6.45, 7) is 4.27. The Bertz CT molecular complexity index is 174. The lowest BCUT2D eigenvalue weighted by atomic mass is 10.1. The normalized spacial score (nSPS) is 25.7. The highest BCUT2D eigenvalue weighted by Crippen LogP contribution is 2.27. The number of halogens is 2. The van der Waals surface area contributed by atoms with Gasteiger partial charge in [-0.15, -0.1) is 0 Å². The summed E-state index contributed by atoms with van der Waals surface area (Å²) in [5.41, 5.74) is 0. The zero-order valence-corrected chi connectivity index (χ0v) is 9.02. The Morgan fingerprint density at radius 2 is 2.07 bits per heavy atom. The first kappa shape index (κ1) is 11.9. The highest BCUT2D eigenvalue weighted by Gasteiger charge is 2.31. The van der Waals surface area contributed by atoms with E-state index >= 15 is 0 Å². The third-order valence-corrected chi connectivity index (χ3v) is 2.84. The first-order valence-electron chi connectivity index (χ1n) is 5.31. The van der Waals surface area contributed by atoms with Crippen molar-refractivity contribution in [1.29, 1.82) is 0 Å². The second kappa shape index (κ2) is 5.03. The highest BCUT2D eigenvalue weighted by molar-refractivity contribution is 4.76. The van der Waals surface area contributed by atoms with Gasteiger partial charge in [-0.25, -0.2) is 8.78 Å². The molecule has 1 unspecified atom stereocenters. The lowest BCUT2D eigenvalue weighted by Crippen LogP contribution is -2.38. The lowest BCUT2D eigenvalue weighted by Gasteiger charge is -2.23. The Hall–Kier alpha value is -0.220. The summed E-state index contributed by atoms with van der Waals surface area (Å²) in [6.07, 6.45) is 0.685. The number of alkyl halides is 2. The fraction of sp³-hybridized carbons (Fsp3) is 1.00. The molecule has 1 atom stereocenters. The van der Waals surface area contributed by atoms with Crippen molar-refractivity contribution in [3.8, 4) is 0 Å². The summed E-state index contributed by atoms with van der Waals surface area (Å²) in [5.74, 6) is -2.43. The fourth-order valence-corrected chi connectivity index (χ4v) is 1.78. The van der Waals surface area contributed by atoms with Gasteiger partial charge in [-0.3, -0.25) is 0 Å². The maximum atomic E-state index is 13.0. The first-order chi connectivity index (χ1) is 6.53. The van der Waals surface area contributed by atoms with Crippen LogP contribution >= 0.6 is 0 Å². The minimum absolute atomic E-state index is 0.0173. The van der Waals surface area contributed by atoms with Crippen molar-refractivity contribution in [1.82, 2.24) is 10.2 Å². The smallest absolute Gasteiger partial charge is 0.249 e. The molecule has 1 aliphatic heterocycles. The first-order valence-corrected chi connectivity index (χ1v) is 5.31. The number of hydrogen-bond donors (Lipinski definition) is 1. The van der Waals surface area contributed by atoms with E-state index in [2.05, 4.69) is 17.1 Å². The van der Waals surface area contributed by atoms with Gasteiger partial charge in [0.05, 0.1) is 0 Å². The summed E-state index contributed by atoms with van der Waals surface area (Å²) < 4.78 is 26.0. The van der Waals surface area contributed by atoms with Crippen molar-refractivity contribution in [2.75, 3.05) is 26.7 Å². The molecule has 0 amide bonds. The lowest BCUT2D eigenvalue weighted by molar-refractivity contribution is -0.0131. The number of nitrogens with one attached hydrogen (secondary N) is 1. The predicted molar refractivity (Wildman–Crippen MR) is 53.8 cm³/mol. The second-order valence-corrected chi connectivity index (χ2v) is 4.20. The van der Waals surface area contributed by atoms with Gasteiger partial charge in [0.1, 0.15) is 0 Å². The number of nitrogens with zero attached hydrogens (tertiary/aromatic N) is 1. The Morgan fingerprint density at radius 3 is 2.71 bits per heavy atom. The predicted octanol–water partition coefficient (Wildman–Crippen LogP) is 1.72. The van der Waals surface area contributed by atoms with E-state index in [1.807, 2.05) is 7.05 Å². The van der Waals surface area contributed by atoms with Crippen LogP contribution in [0.15, 0.2) is 0 Å². The van der Waals surface area contributed by atoms with Crippen LogP contribution < -0.4 is 5.32 Å². The van der Waals surface area contributed by atoms with Gasteiger partial charge >= 0.3 is 0 Å². The molecule has 4 heteroatoms. The second-order valence-electron chi connectivity index (χ2n) is 4.20. The standard InChI is InChI=1S/C10H20F2N2/c1-9(13-2)8-14-6-3-4-10(11,12)5-7-14/h9,13H,3-8H2,1-2H3. The molecule has 14 heavy (non-hydrogen) atoms. The molecule has 1 rings (SSSR count). The fourth-order valence-electron chi connectivity index (χ4n) is 1.78. The molecular formula is C10H20F2N2. The highest BCUT2D eigenvalue weighted by atomic mass is 19.3. The molecule has 0 saturated carbocycles. The van der Waals surface area contributed by atoms with Crippen molar-refractivity contribution in [2.24, 2.45) is 0 Å². The molecule has 0 aromatic carbocycles. The summed E-state index contributed by atoms with van der Waals surface area (Å²) in [5, 5.41) is 3.12. The monoisotopic (exact) mass is 206 g/mol. The van der Waals surface area contributed by atoms with E-state index in [0.717, 1.165) is 13.1 Å². The van der Waals surface area contributed by atoms with Crippen molar-refractivity contribution >= 4 is 0 Å². The van der Waals surface area contributed by atoms with E-state index in [0.29, 0.717) is 19.0 Å². The Balaban J connectivity index is 2.35. The van der Waals surface area contributed by atoms with Gasteiger partial charge in [0.25, 0.3) is 0 Å². The summed E-state index contributed by atoms with van der Waals surface area (Å²) in [4.78, 5) is 2.13. The van der Waals surface area contributed by atoms with Crippen LogP contribution in [-0.4, -0.2) is 43.5 Å². The summed E-state index contributed by atoms with van der Waals surface area (Å²) in [7, 11) is 1.90. The Morgan fingerprint density at radius 1 is 1.36 bits per heavy atom. The van der Waals surface area contributed by atoms with E-state index in [1.165, 1.54) is 0 Å².